The van der Waals surface area contributed by atoms with Crippen molar-refractivity contribution >= 4 is 17.7 Å². The highest BCUT2D eigenvalue weighted by atomic mass is 35.5. The number of halogens is 2. The number of hydrogen-bond donors (Lipinski definition) is 2. The maximum Gasteiger partial charge on any atom is 0.266 e. The van der Waals surface area contributed by atoms with Gasteiger partial charge in [0, 0.05) is 29.0 Å². The van der Waals surface area contributed by atoms with Crippen LogP contribution in [0, 0.1) is 0 Å². The number of nitrogens with one attached hydrogen (secondary N) is 1. The maximum absolute atomic E-state index is 13.0. The second-order valence-corrected chi connectivity index (χ2v) is 4.05. The summed E-state index contributed by atoms with van der Waals surface area (Å²) in [6.45, 7) is -0.812. The molecule has 1 aromatic heterocycles. The molecule has 0 unspecified atom stereocenters. The first-order valence-electron chi connectivity index (χ1n) is 5.61. The summed E-state index contributed by atoms with van der Waals surface area (Å²) < 4.78 is 18.3. The first-order valence-corrected chi connectivity index (χ1v) is 5.99. The molecule has 0 aliphatic rings. The van der Waals surface area contributed by atoms with E-state index in [1.165, 1.54) is 18.3 Å². The Morgan fingerprint density at radius 1 is 1.50 bits per heavy atom. The highest BCUT2D eigenvalue weighted by Gasteiger charge is 2.15. The third kappa shape index (κ3) is 3.00. The minimum Gasteiger partial charge on any atom is -0.472 e. The van der Waals surface area contributed by atoms with E-state index in [2.05, 4.69) is 5.10 Å². The van der Waals surface area contributed by atoms with Gasteiger partial charge >= 0.3 is 0 Å². The van der Waals surface area contributed by atoms with Gasteiger partial charge in [-0.25, -0.2) is 4.39 Å². The summed E-state index contributed by atoms with van der Waals surface area (Å²) in [4.78, 5) is 14.2. The molecule has 0 fully saturated rings. The average Bonchev–Trinajstić information content (AvgIpc) is 2.89. The van der Waals surface area contributed by atoms with E-state index in [0.29, 0.717) is 16.0 Å². The second-order valence-electron chi connectivity index (χ2n) is 3.86. The summed E-state index contributed by atoms with van der Waals surface area (Å²) >= 11 is 5.29. The lowest BCUT2D eigenvalue weighted by Gasteiger charge is -2.11. The molecule has 2 N–H and O–H groups in total. The van der Waals surface area contributed by atoms with Crippen LogP contribution in [0.5, 0.6) is 5.88 Å². The van der Waals surface area contributed by atoms with Gasteiger partial charge in [-0.3, -0.25) is 9.63 Å². The van der Waals surface area contributed by atoms with Gasteiger partial charge in [0.05, 0.1) is 6.20 Å². The summed E-state index contributed by atoms with van der Waals surface area (Å²) in [5.74, 6) is -0.397. The number of benzene rings is 1. The topological polar surface area (TPSA) is 76.4 Å². The van der Waals surface area contributed by atoms with E-state index in [0.717, 1.165) is 0 Å². The first kappa shape index (κ1) is 14.1. The minimum absolute atomic E-state index is 0.0727. The molecule has 1 heterocycles. The van der Waals surface area contributed by atoms with Gasteiger partial charge in [0.2, 0.25) is 5.88 Å². The van der Waals surface area contributed by atoms with Crippen LogP contribution in [0.2, 0.25) is 0 Å². The highest BCUT2D eigenvalue weighted by molar-refractivity contribution is 6.24. The fourth-order valence-corrected chi connectivity index (χ4v) is 1.82. The SMILES string of the molecule is O=C(NCl)c1cccc(CF)c1COc1ccn(O)n1. The molecule has 1 aromatic carbocycles. The lowest BCUT2D eigenvalue weighted by atomic mass is 10.0. The number of amides is 1. The Morgan fingerprint density at radius 3 is 2.90 bits per heavy atom. The van der Waals surface area contributed by atoms with E-state index in [-0.39, 0.29) is 18.1 Å². The Morgan fingerprint density at radius 2 is 2.30 bits per heavy atom. The van der Waals surface area contributed by atoms with Crippen LogP contribution in [0.15, 0.2) is 30.5 Å². The fraction of sp³-hybridized carbons (Fsp3) is 0.167. The fourth-order valence-electron chi connectivity index (χ4n) is 1.72. The molecular weight excluding hydrogens is 289 g/mol. The highest BCUT2D eigenvalue weighted by Crippen LogP contribution is 2.19. The standard InChI is InChI=1S/C12H11ClFN3O3/c13-15-12(18)9-3-1-2-8(6-14)10(9)7-20-11-4-5-17(19)16-11/h1-5,19H,6-7H2,(H,15,18). The second kappa shape index (κ2) is 6.25. The summed E-state index contributed by atoms with van der Waals surface area (Å²) in [7, 11) is 0. The van der Waals surface area contributed by atoms with Crippen molar-refractivity contribution in [2.24, 2.45) is 0 Å². The number of carbonyl (C=O) groups excluding carboxylic acids is 1. The lowest BCUT2D eigenvalue weighted by molar-refractivity contribution is 0.0978. The van der Waals surface area contributed by atoms with Gasteiger partial charge in [0.25, 0.3) is 5.91 Å². The Bertz CT molecular complexity index is 618. The Kier molecular flexibility index (Phi) is 4.41. The molecule has 0 radical (unpaired) electrons. The van der Waals surface area contributed by atoms with Crippen molar-refractivity contribution in [3.8, 4) is 5.88 Å². The molecular formula is C12H11ClFN3O3. The summed E-state index contributed by atoms with van der Waals surface area (Å²) in [6.07, 6.45) is 1.28. The Hall–Kier alpha value is -2.28. The van der Waals surface area contributed by atoms with Gasteiger partial charge in [-0.1, -0.05) is 17.2 Å². The molecule has 0 atom stereocenters. The van der Waals surface area contributed by atoms with Crippen molar-refractivity contribution in [3.63, 3.8) is 0 Å². The smallest absolute Gasteiger partial charge is 0.266 e. The van der Waals surface area contributed by atoms with Crippen LogP contribution in [0.25, 0.3) is 0 Å². The Balaban J connectivity index is 2.26. The van der Waals surface area contributed by atoms with Gasteiger partial charge in [0.1, 0.15) is 13.3 Å². The zero-order valence-corrected chi connectivity index (χ0v) is 11.0. The molecule has 0 aliphatic carbocycles. The van der Waals surface area contributed by atoms with E-state index >= 15 is 0 Å². The maximum atomic E-state index is 13.0. The van der Waals surface area contributed by atoms with Crippen LogP contribution in [-0.4, -0.2) is 21.1 Å². The normalized spacial score (nSPS) is 10.3. The van der Waals surface area contributed by atoms with Crippen molar-refractivity contribution in [2.75, 3.05) is 0 Å². The van der Waals surface area contributed by atoms with Crippen molar-refractivity contribution in [1.82, 2.24) is 14.8 Å². The molecule has 1 amide bonds. The molecule has 2 rings (SSSR count). The molecule has 20 heavy (non-hydrogen) atoms. The number of ether oxygens (including phenoxy) is 1. The van der Waals surface area contributed by atoms with Crippen LogP contribution >= 0.6 is 11.8 Å². The van der Waals surface area contributed by atoms with Gasteiger partial charge < -0.3 is 9.94 Å². The predicted octanol–water partition coefficient (Wildman–Crippen LogP) is 2.05. The molecule has 2 aromatic rings. The van der Waals surface area contributed by atoms with Crippen LogP contribution < -0.4 is 9.57 Å². The van der Waals surface area contributed by atoms with Crippen molar-refractivity contribution in [3.05, 3.63) is 47.2 Å². The van der Waals surface area contributed by atoms with Gasteiger partial charge in [-0.2, -0.15) is 0 Å². The number of hydrogen-bond acceptors (Lipinski definition) is 4. The van der Waals surface area contributed by atoms with Gasteiger partial charge in [0.15, 0.2) is 0 Å². The summed E-state index contributed by atoms with van der Waals surface area (Å²) in [6, 6.07) is 6.05. The largest absolute Gasteiger partial charge is 0.472 e. The number of rotatable bonds is 5. The third-order valence-corrected chi connectivity index (χ3v) is 2.83. The molecule has 0 bridgehead atoms. The molecule has 0 spiro atoms. The van der Waals surface area contributed by atoms with E-state index in [1.807, 2.05) is 4.84 Å². The summed E-state index contributed by atoms with van der Waals surface area (Å²) in [5.41, 5.74) is 0.922. The zero-order valence-electron chi connectivity index (χ0n) is 10.2. The van der Waals surface area contributed by atoms with Crippen LogP contribution in [0.1, 0.15) is 21.5 Å². The molecule has 0 saturated carbocycles. The summed E-state index contributed by atoms with van der Waals surface area (Å²) in [5, 5.41) is 12.6. The van der Waals surface area contributed by atoms with Crippen LogP contribution in [0.4, 0.5) is 4.39 Å². The number of nitrogens with zero attached hydrogens (tertiary/aromatic N) is 2. The monoisotopic (exact) mass is 299 g/mol. The van der Waals surface area contributed by atoms with Gasteiger partial charge in [-0.05, 0) is 11.6 Å². The molecule has 0 saturated heterocycles. The molecule has 6 nitrogen and oxygen atoms in total. The van der Waals surface area contributed by atoms with E-state index in [4.69, 9.17) is 21.7 Å². The number of aromatic nitrogens is 2. The Labute approximate surface area is 118 Å². The first-order chi connectivity index (χ1) is 9.65. The molecule has 106 valence electrons. The van der Waals surface area contributed by atoms with Gasteiger partial charge in [-0.15, -0.1) is 4.85 Å². The quantitative estimate of drug-likeness (QED) is 0.654. The molecule has 0 aliphatic heterocycles. The predicted molar refractivity (Wildman–Crippen MR) is 68.3 cm³/mol. The van der Waals surface area contributed by atoms with E-state index in [9.17, 15) is 9.18 Å². The van der Waals surface area contributed by atoms with Crippen molar-refractivity contribution < 1.29 is 19.1 Å². The van der Waals surface area contributed by atoms with Crippen LogP contribution in [0.3, 0.4) is 0 Å². The average molecular weight is 300 g/mol. The zero-order chi connectivity index (χ0) is 14.5. The molecule has 8 heteroatoms. The minimum atomic E-state index is -0.740. The number of alkyl halides is 1. The van der Waals surface area contributed by atoms with Crippen molar-refractivity contribution in [1.29, 1.82) is 0 Å². The van der Waals surface area contributed by atoms with E-state index < -0.39 is 12.6 Å². The number of carbonyl (C=O) groups is 1. The lowest BCUT2D eigenvalue weighted by Crippen LogP contribution is -2.17. The van der Waals surface area contributed by atoms with E-state index in [1.54, 1.807) is 12.1 Å². The van der Waals surface area contributed by atoms with Crippen molar-refractivity contribution in [2.45, 2.75) is 13.3 Å². The van der Waals surface area contributed by atoms with Crippen LogP contribution in [-0.2, 0) is 13.3 Å². The third-order valence-electron chi connectivity index (χ3n) is 2.66.